The second-order valence-corrected chi connectivity index (χ2v) is 14.1. The van der Waals surface area contributed by atoms with Gasteiger partial charge in [0.25, 0.3) is 0 Å². The molecule has 3 N–H and O–H groups in total. The number of nitrogens with zero attached hydrogens (tertiary/aromatic N) is 4. The Morgan fingerprint density at radius 3 is 2.68 bits per heavy atom. The number of halogens is 3. The summed E-state index contributed by atoms with van der Waals surface area (Å²) < 4.78 is 8.76. The van der Waals surface area contributed by atoms with Gasteiger partial charge < -0.3 is 25.0 Å². The third kappa shape index (κ3) is 6.02. The van der Waals surface area contributed by atoms with E-state index in [2.05, 4.69) is 69.9 Å². The summed E-state index contributed by atoms with van der Waals surface area (Å²) in [5.74, 6) is 1.80. The minimum atomic E-state index is -0.408. The number of rotatable bonds is 7. The molecule has 13 heteroatoms. The zero-order valence-electron chi connectivity index (χ0n) is 24.0. The number of fused-ring (bicyclic) bond motifs is 3. The van der Waals surface area contributed by atoms with Crippen LogP contribution in [0, 0.1) is 3.57 Å². The van der Waals surface area contributed by atoms with Crippen molar-refractivity contribution in [3.05, 3.63) is 92.9 Å². The third-order valence-corrected chi connectivity index (χ3v) is 10.0. The van der Waals surface area contributed by atoms with E-state index in [-0.39, 0.29) is 28.2 Å². The summed E-state index contributed by atoms with van der Waals surface area (Å²) in [6.07, 6.45) is 4.02. The lowest BCUT2D eigenvalue weighted by molar-refractivity contribution is 0.251. The number of aromatic hydroxyl groups is 1. The van der Waals surface area contributed by atoms with Gasteiger partial charge in [-0.25, -0.2) is 9.48 Å². The second kappa shape index (κ2) is 12.3. The van der Waals surface area contributed by atoms with Crippen LogP contribution in [0.2, 0.25) is 5.02 Å². The molecule has 6 rings (SSSR count). The molecule has 2 aliphatic rings. The monoisotopic (exact) mass is 762 g/mol. The van der Waals surface area contributed by atoms with E-state index in [1.54, 1.807) is 28.6 Å². The minimum absolute atomic E-state index is 0.0322. The fraction of sp³-hybridized carbons (Fsp3) is 0.226. The molecule has 228 valence electrons. The summed E-state index contributed by atoms with van der Waals surface area (Å²) in [7, 11) is 0. The van der Waals surface area contributed by atoms with Gasteiger partial charge in [0.05, 0.1) is 31.7 Å². The number of carbonyl (C=O) groups is 1. The highest BCUT2D eigenvalue weighted by Gasteiger charge is 2.36. The van der Waals surface area contributed by atoms with Gasteiger partial charge in [-0.1, -0.05) is 62.3 Å². The average molecular weight is 763 g/mol. The minimum Gasteiger partial charge on any atom is -0.506 e. The largest absolute Gasteiger partial charge is 0.506 e. The lowest BCUT2D eigenvalue weighted by Crippen LogP contribution is -2.31. The number of benzene rings is 3. The maximum Gasteiger partial charge on any atom is 0.320 e. The van der Waals surface area contributed by atoms with Gasteiger partial charge in [0.1, 0.15) is 17.2 Å². The fourth-order valence-corrected chi connectivity index (χ4v) is 7.85. The van der Waals surface area contributed by atoms with Gasteiger partial charge in [-0.3, -0.25) is 5.32 Å². The molecular formula is C31H29Cl2IN6O3S. The van der Waals surface area contributed by atoms with E-state index in [0.29, 0.717) is 29.0 Å². The lowest BCUT2D eigenvalue weighted by Gasteiger charge is -2.23. The molecule has 0 spiro atoms. The molecule has 0 aliphatic carbocycles. The maximum absolute atomic E-state index is 13.3. The Morgan fingerprint density at radius 2 is 1.93 bits per heavy atom. The Kier molecular flexibility index (Phi) is 8.57. The molecule has 44 heavy (non-hydrogen) atoms. The number of hydrogen-bond donors (Lipinski definition) is 3. The van der Waals surface area contributed by atoms with Crippen LogP contribution in [0.25, 0.3) is 5.69 Å². The van der Waals surface area contributed by atoms with E-state index in [9.17, 15) is 9.90 Å². The van der Waals surface area contributed by atoms with Crippen molar-refractivity contribution < 1.29 is 14.6 Å². The highest BCUT2D eigenvalue weighted by Crippen LogP contribution is 2.49. The molecule has 1 unspecified atom stereocenters. The van der Waals surface area contributed by atoms with Crippen molar-refractivity contribution in [2.24, 2.45) is 0 Å². The molecule has 3 heterocycles. The lowest BCUT2D eigenvalue weighted by atomic mass is 9.92. The normalized spacial score (nSPS) is 15.4. The summed E-state index contributed by atoms with van der Waals surface area (Å²) in [6.45, 7) is 6.40. The number of phenolic OH excluding ortho intramolecular Hbond substituents is 1. The number of amides is 2. The zero-order chi connectivity index (χ0) is 31.2. The van der Waals surface area contributed by atoms with Gasteiger partial charge in [-0.15, -0.1) is 11.6 Å². The number of hydrogen-bond acceptors (Lipinski definition) is 7. The molecule has 0 saturated carbocycles. The molecule has 0 radical (unpaired) electrons. The van der Waals surface area contributed by atoms with Gasteiger partial charge in [0.15, 0.2) is 11.3 Å². The molecule has 0 fully saturated rings. The number of anilines is 2. The van der Waals surface area contributed by atoms with Crippen LogP contribution in [-0.4, -0.2) is 37.3 Å². The highest BCUT2D eigenvalue weighted by atomic mass is 127. The van der Waals surface area contributed by atoms with Gasteiger partial charge in [-0.2, -0.15) is 5.10 Å². The number of phenols is 1. The van der Waals surface area contributed by atoms with E-state index in [0.717, 1.165) is 25.4 Å². The van der Waals surface area contributed by atoms with Crippen molar-refractivity contribution in [3.63, 3.8) is 0 Å². The van der Waals surface area contributed by atoms with Crippen LogP contribution in [-0.2, 0) is 12.0 Å². The first-order valence-electron chi connectivity index (χ1n) is 13.7. The van der Waals surface area contributed by atoms with Crippen molar-refractivity contribution in [1.82, 2.24) is 20.0 Å². The van der Waals surface area contributed by atoms with Crippen LogP contribution in [0.15, 0.2) is 78.0 Å². The van der Waals surface area contributed by atoms with E-state index in [1.165, 1.54) is 6.07 Å². The number of carbonyl (C=O) groups excluding carboxylic acids is 1. The summed E-state index contributed by atoms with van der Waals surface area (Å²) in [5.41, 5.74) is 3.12. The van der Waals surface area contributed by atoms with E-state index in [1.807, 2.05) is 48.8 Å². The van der Waals surface area contributed by atoms with Gasteiger partial charge in [-0.05, 0) is 59.0 Å². The molecule has 3 aromatic carbocycles. The number of thioether (sulfide) groups is 1. The van der Waals surface area contributed by atoms with Crippen molar-refractivity contribution in [2.75, 3.05) is 16.2 Å². The molecule has 0 bridgehead atoms. The van der Waals surface area contributed by atoms with Gasteiger partial charge >= 0.3 is 6.03 Å². The van der Waals surface area contributed by atoms with E-state index in [4.69, 9.17) is 33.0 Å². The van der Waals surface area contributed by atoms with Crippen LogP contribution in [0.1, 0.15) is 32.0 Å². The van der Waals surface area contributed by atoms with Crippen molar-refractivity contribution >= 4 is 75.1 Å². The summed E-state index contributed by atoms with van der Waals surface area (Å²) >= 11 is 16.2. The predicted octanol–water partition coefficient (Wildman–Crippen LogP) is 8.43. The first kappa shape index (κ1) is 30.8. The summed E-state index contributed by atoms with van der Waals surface area (Å²) in [5, 5.41) is 20.8. The van der Waals surface area contributed by atoms with Crippen LogP contribution in [0.3, 0.4) is 0 Å². The van der Waals surface area contributed by atoms with Gasteiger partial charge in [0.2, 0.25) is 0 Å². The molecule has 1 atom stereocenters. The number of urea groups is 1. The third-order valence-electron chi connectivity index (χ3n) is 7.10. The predicted molar refractivity (Wildman–Crippen MR) is 184 cm³/mol. The molecule has 2 aliphatic heterocycles. The Hall–Kier alpha value is -3.26. The number of nitrogens with one attached hydrogen (secondary N) is 2. The fourth-order valence-electron chi connectivity index (χ4n) is 4.87. The molecule has 1 aromatic heterocycles. The van der Waals surface area contributed by atoms with E-state index >= 15 is 0 Å². The molecule has 2 amide bonds. The topological polar surface area (TPSA) is 94.9 Å². The second-order valence-electron chi connectivity index (χ2n) is 11.2. The standard InChI is InChI=1S/C31H29Cl2IN6O3S/c1-31(2,3)27-26(34)28(40(37-27)19-8-10-23(41)21(33)14-19)36-29(42)35-16-18-6-4-5-7-24(18)43-20-9-11-25-22(15-20)39-13-12-38(17-32)30(39)44-25/h4-15,30,41H,16-17H2,1-3H3,(H2,35,36,42). The summed E-state index contributed by atoms with van der Waals surface area (Å²) in [6, 6.07) is 18.4. The average Bonchev–Trinajstić information content (AvgIpc) is 3.66. The summed E-state index contributed by atoms with van der Waals surface area (Å²) in [4.78, 5) is 18.7. The van der Waals surface area contributed by atoms with Gasteiger partial charge in [0, 0.05) is 40.9 Å². The van der Waals surface area contributed by atoms with Crippen molar-refractivity contribution in [2.45, 2.75) is 43.1 Å². The molecule has 4 aromatic rings. The van der Waals surface area contributed by atoms with Crippen LogP contribution < -0.4 is 20.3 Å². The first-order chi connectivity index (χ1) is 21.0. The van der Waals surface area contributed by atoms with E-state index < -0.39 is 6.03 Å². The highest BCUT2D eigenvalue weighted by molar-refractivity contribution is 14.1. The Morgan fingerprint density at radius 1 is 1.14 bits per heavy atom. The van der Waals surface area contributed by atoms with Crippen LogP contribution in [0.4, 0.5) is 16.3 Å². The number of ether oxygens (including phenoxy) is 1. The van der Waals surface area contributed by atoms with Crippen molar-refractivity contribution in [1.29, 1.82) is 0 Å². The first-order valence-corrected chi connectivity index (χ1v) is 16.6. The van der Waals surface area contributed by atoms with Crippen LogP contribution in [0.5, 0.6) is 17.2 Å². The SMILES string of the molecule is CC(C)(C)c1nn(-c2ccc(O)c(Cl)c2)c(NC(=O)NCc2ccccc2Oc2ccc3c(c2)N2C=CN(CCl)C2S3)c1I. The number of para-hydroxylation sites is 1. The quantitative estimate of drug-likeness (QED) is 0.0989. The molecule has 0 saturated heterocycles. The molecule has 9 nitrogen and oxygen atoms in total. The number of alkyl halides is 1. The Labute approximate surface area is 283 Å². The Balaban J connectivity index is 1.18. The smallest absolute Gasteiger partial charge is 0.320 e. The van der Waals surface area contributed by atoms with Crippen LogP contribution >= 0.6 is 57.6 Å². The zero-order valence-corrected chi connectivity index (χ0v) is 28.5. The Bertz CT molecular complexity index is 1780. The molecular weight excluding hydrogens is 734 g/mol. The number of aromatic nitrogens is 2. The van der Waals surface area contributed by atoms with Crippen molar-refractivity contribution in [3.8, 4) is 22.9 Å². The maximum atomic E-state index is 13.3.